The molecule has 3 amide bonds. The number of anilines is 1. The molecule has 1 heterocycles. The summed E-state index contributed by atoms with van der Waals surface area (Å²) in [6, 6.07) is 5.16. The van der Waals surface area contributed by atoms with Gasteiger partial charge in [0, 0.05) is 22.6 Å². The molecule has 0 unspecified atom stereocenters. The Bertz CT molecular complexity index is 951. The van der Waals surface area contributed by atoms with Crippen LogP contribution in [0.5, 0.6) is 0 Å². The summed E-state index contributed by atoms with van der Waals surface area (Å²) in [5, 5.41) is 15.9. The third kappa shape index (κ3) is 4.01. The summed E-state index contributed by atoms with van der Waals surface area (Å²) in [4.78, 5) is 47.8. The van der Waals surface area contributed by atoms with E-state index in [2.05, 4.69) is 15.4 Å². The van der Waals surface area contributed by atoms with Gasteiger partial charge in [0.25, 0.3) is 17.5 Å². The third-order valence-electron chi connectivity index (χ3n) is 4.37. The first kappa shape index (κ1) is 19.5. The summed E-state index contributed by atoms with van der Waals surface area (Å²) < 4.78 is 4.47. The Hall–Kier alpha value is -3.27. The van der Waals surface area contributed by atoms with Crippen LogP contribution in [-0.4, -0.2) is 29.9 Å². The van der Waals surface area contributed by atoms with Crippen LogP contribution in [0.25, 0.3) is 0 Å². The molecule has 0 aliphatic heterocycles. The predicted octanol–water partition coefficient (Wildman–Crippen LogP) is 3.28. The normalized spacial score (nSPS) is 12.6. The van der Waals surface area contributed by atoms with Gasteiger partial charge in [0.2, 0.25) is 0 Å². The molecule has 0 atom stereocenters. The van der Waals surface area contributed by atoms with Crippen molar-refractivity contribution in [3.63, 3.8) is 0 Å². The maximum atomic E-state index is 12.6. The molecule has 0 radical (unpaired) electrons. The van der Waals surface area contributed by atoms with Crippen LogP contribution in [0.2, 0.25) is 0 Å². The molecular formula is C18H17N3O6S. The first-order valence-corrected chi connectivity index (χ1v) is 9.32. The van der Waals surface area contributed by atoms with Crippen LogP contribution in [0.1, 0.15) is 44.0 Å². The van der Waals surface area contributed by atoms with Crippen molar-refractivity contribution in [3.8, 4) is 0 Å². The fourth-order valence-electron chi connectivity index (χ4n) is 3.01. The highest BCUT2D eigenvalue weighted by atomic mass is 32.1. The second-order valence-corrected chi connectivity index (χ2v) is 7.22. The standard InChI is InChI=1S/C18H17N3O6S/c1-27-18(24)20-16(23)14-12-4-2-3-5-13(12)28-17(14)19-15(22)10-6-8-11(9-7-10)21(25)26/h6-9H,2-5H2,1H3,(H,19,22)(H,20,23,24). The number of nitrogens with zero attached hydrogens (tertiary/aromatic N) is 1. The first-order chi connectivity index (χ1) is 13.4. The molecule has 1 aromatic carbocycles. The summed E-state index contributed by atoms with van der Waals surface area (Å²) in [7, 11) is 1.16. The van der Waals surface area contributed by atoms with Crippen molar-refractivity contribution in [2.75, 3.05) is 12.4 Å². The number of aryl methyl sites for hydroxylation is 1. The van der Waals surface area contributed by atoms with E-state index in [0.29, 0.717) is 11.4 Å². The van der Waals surface area contributed by atoms with Crippen molar-refractivity contribution < 1.29 is 24.0 Å². The fraction of sp³-hybridized carbons (Fsp3) is 0.278. The van der Waals surface area contributed by atoms with Crippen LogP contribution in [0, 0.1) is 10.1 Å². The van der Waals surface area contributed by atoms with Gasteiger partial charge in [0.05, 0.1) is 17.6 Å². The number of nitro benzene ring substituents is 1. The number of amides is 3. The van der Waals surface area contributed by atoms with Gasteiger partial charge in [-0.25, -0.2) is 4.79 Å². The van der Waals surface area contributed by atoms with Crippen molar-refractivity contribution in [2.24, 2.45) is 0 Å². The number of hydrogen-bond donors (Lipinski definition) is 2. The Labute approximate surface area is 163 Å². The Morgan fingerprint density at radius 3 is 2.43 bits per heavy atom. The molecule has 0 fully saturated rings. The molecule has 146 valence electrons. The average Bonchev–Trinajstić information content (AvgIpc) is 3.05. The van der Waals surface area contributed by atoms with Gasteiger partial charge >= 0.3 is 6.09 Å². The highest BCUT2D eigenvalue weighted by Gasteiger charge is 2.27. The van der Waals surface area contributed by atoms with E-state index < -0.39 is 22.8 Å². The van der Waals surface area contributed by atoms with Crippen molar-refractivity contribution in [2.45, 2.75) is 25.7 Å². The number of benzene rings is 1. The molecular weight excluding hydrogens is 386 g/mol. The third-order valence-corrected chi connectivity index (χ3v) is 5.57. The smallest absolute Gasteiger partial charge is 0.413 e. The monoisotopic (exact) mass is 403 g/mol. The van der Waals surface area contributed by atoms with Gasteiger partial charge in [-0.2, -0.15) is 0 Å². The minimum absolute atomic E-state index is 0.124. The van der Waals surface area contributed by atoms with Crippen molar-refractivity contribution >= 4 is 39.9 Å². The number of carbonyl (C=O) groups excluding carboxylic acids is 3. The van der Waals surface area contributed by atoms with Crippen molar-refractivity contribution in [1.82, 2.24) is 5.32 Å². The Morgan fingerprint density at radius 1 is 1.11 bits per heavy atom. The summed E-state index contributed by atoms with van der Waals surface area (Å²) in [6.07, 6.45) is 2.50. The fourth-order valence-corrected chi connectivity index (χ4v) is 4.29. The molecule has 0 saturated carbocycles. The number of hydrogen-bond acceptors (Lipinski definition) is 7. The van der Waals surface area contributed by atoms with Crippen LogP contribution in [0.3, 0.4) is 0 Å². The molecule has 0 bridgehead atoms. The summed E-state index contributed by atoms with van der Waals surface area (Å²) in [5.74, 6) is -1.13. The zero-order chi connectivity index (χ0) is 20.3. The van der Waals surface area contributed by atoms with Crippen LogP contribution in [0.4, 0.5) is 15.5 Å². The Balaban J connectivity index is 1.89. The molecule has 1 aliphatic carbocycles. The number of ether oxygens (including phenoxy) is 1. The van der Waals surface area contributed by atoms with E-state index in [0.717, 1.165) is 36.8 Å². The second-order valence-electron chi connectivity index (χ2n) is 6.12. The Kier molecular flexibility index (Phi) is 5.69. The molecule has 2 N–H and O–H groups in total. The highest BCUT2D eigenvalue weighted by Crippen LogP contribution is 2.38. The number of carbonyl (C=O) groups is 3. The zero-order valence-electron chi connectivity index (χ0n) is 14.9. The Morgan fingerprint density at radius 2 is 1.79 bits per heavy atom. The molecule has 0 saturated heterocycles. The molecule has 28 heavy (non-hydrogen) atoms. The van der Waals surface area contributed by atoms with Gasteiger partial charge in [-0.3, -0.25) is 25.0 Å². The largest absolute Gasteiger partial charge is 0.453 e. The van der Waals surface area contributed by atoms with Gasteiger partial charge in [-0.05, 0) is 43.4 Å². The lowest BCUT2D eigenvalue weighted by molar-refractivity contribution is -0.384. The SMILES string of the molecule is COC(=O)NC(=O)c1c(NC(=O)c2ccc([N+](=O)[O-])cc2)sc2c1CCCC2. The maximum absolute atomic E-state index is 12.6. The lowest BCUT2D eigenvalue weighted by atomic mass is 9.95. The lowest BCUT2D eigenvalue weighted by Crippen LogP contribution is -2.31. The van der Waals surface area contributed by atoms with E-state index >= 15 is 0 Å². The number of nitrogens with one attached hydrogen (secondary N) is 2. The van der Waals surface area contributed by atoms with E-state index in [1.54, 1.807) is 0 Å². The van der Waals surface area contributed by atoms with Gasteiger partial charge in [-0.15, -0.1) is 11.3 Å². The quantitative estimate of drug-likeness (QED) is 0.596. The maximum Gasteiger partial charge on any atom is 0.413 e. The molecule has 3 rings (SSSR count). The van der Waals surface area contributed by atoms with E-state index in [1.165, 1.54) is 35.6 Å². The first-order valence-electron chi connectivity index (χ1n) is 8.50. The molecule has 1 aromatic heterocycles. The predicted molar refractivity (Wildman–Crippen MR) is 102 cm³/mol. The zero-order valence-corrected chi connectivity index (χ0v) is 15.8. The van der Waals surface area contributed by atoms with Crippen LogP contribution in [-0.2, 0) is 17.6 Å². The number of imide groups is 1. The molecule has 9 nitrogen and oxygen atoms in total. The van der Waals surface area contributed by atoms with Gasteiger partial charge in [0.1, 0.15) is 5.00 Å². The summed E-state index contributed by atoms with van der Waals surface area (Å²) in [6.45, 7) is 0. The number of thiophene rings is 1. The van der Waals surface area contributed by atoms with Crippen LogP contribution in [0.15, 0.2) is 24.3 Å². The topological polar surface area (TPSA) is 128 Å². The summed E-state index contributed by atoms with van der Waals surface area (Å²) in [5.41, 5.74) is 1.19. The van der Waals surface area contributed by atoms with Crippen LogP contribution < -0.4 is 10.6 Å². The number of fused-ring (bicyclic) bond motifs is 1. The summed E-state index contributed by atoms with van der Waals surface area (Å²) >= 11 is 1.30. The van der Waals surface area contributed by atoms with Crippen molar-refractivity contribution in [3.05, 3.63) is 55.9 Å². The van der Waals surface area contributed by atoms with Crippen LogP contribution >= 0.6 is 11.3 Å². The number of methoxy groups -OCH3 is 1. The van der Waals surface area contributed by atoms with E-state index in [-0.39, 0.29) is 16.8 Å². The minimum Gasteiger partial charge on any atom is -0.453 e. The number of rotatable bonds is 4. The van der Waals surface area contributed by atoms with Gasteiger partial charge in [0.15, 0.2) is 0 Å². The second kappa shape index (κ2) is 8.17. The number of non-ortho nitro benzene ring substituents is 1. The molecule has 10 heteroatoms. The van der Waals surface area contributed by atoms with Gasteiger partial charge < -0.3 is 10.1 Å². The molecule has 2 aromatic rings. The van der Waals surface area contributed by atoms with E-state index in [1.807, 2.05) is 0 Å². The van der Waals surface area contributed by atoms with Gasteiger partial charge in [-0.1, -0.05) is 0 Å². The molecule has 1 aliphatic rings. The number of nitro groups is 1. The minimum atomic E-state index is -0.881. The number of alkyl carbamates (subject to hydrolysis) is 1. The lowest BCUT2D eigenvalue weighted by Gasteiger charge is -2.12. The highest BCUT2D eigenvalue weighted by molar-refractivity contribution is 7.17. The molecule has 0 spiro atoms. The van der Waals surface area contributed by atoms with Crippen molar-refractivity contribution in [1.29, 1.82) is 0 Å². The van der Waals surface area contributed by atoms with E-state index in [4.69, 9.17) is 0 Å². The van der Waals surface area contributed by atoms with E-state index in [9.17, 15) is 24.5 Å². The average molecular weight is 403 g/mol.